The van der Waals surface area contributed by atoms with Crippen molar-refractivity contribution >= 4 is 23.5 Å². The van der Waals surface area contributed by atoms with Crippen molar-refractivity contribution in [3.63, 3.8) is 0 Å². The molecule has 9 heteroatoms. The molecular formula is C26H37FN4O4. The van der Waals surface area contributed by atoms with E-state index in [9.17, 15) is 18.8 Å². The summed E-state index contributed by atoms with van der Waals surface area (Å²) >= 11 is 0. The standard InChI is InChI=1S/C26H37FN4O4/c1-2-19(17-23(28)32)24(33)31-11-8-26(9-12-31)18-22(35-25(26)34)7-10-29-13-15-30(16-14-29)21-5-3-20(27)4-6-21/h3-6,19,22H,2,7-18H2,1H3,(H2,28,32)/t19-,22-/m0/s1. The molecule has 0 bridgehead atoms. The molecule has 1 aromatic carbocycles. The van der Waals surface area contributed by atoms with E-state index in [1.807, 2.05) is 19.1 Å². The number of esters is 1. The average Bonchev–Trinajstić information content (AvgIpc) is 3.16. The lowest BCUT2D eigenvalue weighted by Gasteiger charge is -2.38. The molecule has 1 spiro atoms. The van der Waals surface area contributed by atoms with Crippen LogP contribution in [0.2, 0.25) is 0 Å². The lowest BCUT2D eigenvalue weighted by atomic mass is 9.75. The van der Waals surface area contributed by atoms with Crippen molar-refractivity contribution in [1.82, 2.24) is 9.80 Å². The Kier molecular flexibility index (Phi) is 7.94. The van der Waals surface area contributed by atoms with Gasteiger partial charge in [0, 0.05) is 70.3 Å². The van der Waals surface area contributed by atoms with E-state index in [-0.39, 0.29) is 36.1 Å². The Balaban J connectivity index is 1.21. The number of cyclic esters (lactones) is 1. The molecule has 3 fully saturated rings. The van der Waals surface area contributed by atoms with Gasteiger partial charge in [-0.05, 0) is 49.9 Å². The molecule has 1 aromatic rings. The number of nitrogens with two attached hydrogens (primary N) is 1. The van der Waals surface area contributed by atoms with E-state index in [0.717, 1.165) is 44.8 Å². The fourth-order valence-corrected chi connectivity index (χ4v) is 5.68. The zero-order valence-electron chi connectivity index (χ0n) is 20.6. The minimum atomic E-state index is -0.492. The highest BCUT2D eigenvalue weighted by molar-refractivity contribution is 5.85. The number of piperidine rings is 1. The number of benzene rings is 1. The summed E-state index contributed by atoms with van der Waals surface area (Å²) in [5.74, 6) is -1.23. The van der Waals surface area contributed by atoms with Gasteiger partial charge in [-0.3, -0.25) is 19.3 Å². The number of piperazine rings is 1. The summed E-state index contributed by atoms with van der Waals surface area (Å²) in [6, 6.07) is 6.63. The van der Waals surface area contributed by atoms with Gasteiger partial charge in [0.2, 0.25) is 11.8 Å². The number of halogens is 1. The second-order valence-electron chi connectivity index (χ2n) is 10.2. The number of amides is 2. The average molecular weight is 489 g/mol. The number of carbonyl (C=O) groups is 3. The van der Waals surface area contributed by atoms with E-state index in [2.05, 4.69) is 9.80 Å². The molecule has 3 aliphatic rings. The lowest BCUT2D eigenvalue weighted by molar-refractivity contribution is -0.153. The number of likely N-dealkylation sites (tertiary alicyclic amines) is 1. The molecule has 0 aliphatic carbocycles. The fraction of sp³-hybridized carbons (Fsp3) is 0.654. The van der Waals surface area contributed by atoms with Crippen molar-refractivity contribution in [3.05, 3.63) is 30.1 Å². The highest BCUT2D eigenvalue weighted by Crippen LogP contribution is 2.44. The van der Waals surface area contributed by atoms with Crippen LogP contribution in [0, 0.1) is 17.2 Å². The van der Waals surface area contributed by atoms with Gasteiger partial charge >= 0.3 is 5.97 Å². The van der Waals surface area contributed by atoms with Gasteiger partial charge < -0.3 is 20.3 Å². The largest absolute Gasteiger partial charge is 0.462 e. The molecule has 0 unspecified atom stereocenters. The van der Waals surface area contributed by atoms with Crippen molar-refractivity contribution in [3.8, 4) is 0 Å². The highest BCUT2D eigenvalue weighted by atomic mass is 19.1. The maximum absolute atomic E-state index is 13.2. The quantitative estimate of drug-likeness (QED) is 0.564. The van der Waals surface area contributed by atoms with Crippen molar-refractivity contribution in [2.24, 2.45) is 17.1 Å². The first-order valence-corrected chi connectivity index (χ1v) is 12.8. The number of hydrogen-bond acceptors (Lipinski definition) is 6. The minimum absolute atomic E-state index is 0.0381. The maximum atomic E-state index is 13.2. The van der Waals surface area contributed by atoms with Crippen molar-refractivity contribution in [2.45, 2.75) is 51.6 Å². The second-order valence-corrected chi connectivity index (χ2v) is 10.2. The zero-order chi connectivity index (χ0) is 25.0. The van der Waals surface area contributed by atoms with Gasteiger partial charge in [0.05, 0.1) is 5.41 Å². The Morgan fingerprint density at radius 1 is 1.11 bits per heavy atom. The van der Waals surface area contributed by atoms with Crippen LogP contribution >= 0.6 is 0 Å². The first kappa shape index (κ1) is 25.4. The maximum Gasteiger partial charge on any atom is 0.312 e. The van der Waals surface area contributed by atoms with Gasteiger partial charge in [-0.2, -0.15) is 0 Å². The molecule has 3 saturated heterocycles. The van der Waals surface area contributed by atoms with Gasteiger partial charge in [0.25, 0.3) is 0 Å². The lowest BCUT2D eigenvalue weighted by Crippen LogP contribution is -2.47. The summed E-state index contributed by atoms with van der Waals surface area (Å²) in [5, 5.41) is 0. The Labute approximate surface area is 206 Å². The van der Waals surface area contributed by atoms with Crippen LogP contribution in [0.5, 0.6) is 0 Å². The number of carbonyl (C=O) groups excluding carboxylic acids is 3. The SMILES string of the molecule is CC[C@@H](CC(N)=O)C(=O)N1CCC2(CC1)C[C@H](CCN1CCN(c3ccc(F)cc3)CC1)OC2=O. The van der Waals surface area contributed by atoms with E-state index >= 15 is 0 Å². The number of hydrogen-bond donors (Lipinski definition) is 1. The summed E-state index contributed by atoms with van der Waals surface area (Å²) in [5.41, 5.74) is 5.85. The first-order chi connectivity index (χ1) is 16.8. The van der Waals surface area contributed by atoms with Crippen molar-refractivity contribution < 1.29 is 23.5 Å². The van der Waals surface area contributed by atoms with Crippen molar-refractivity contribution in [2.75, 3.05) is 50.7 Å². The fourth-order valence-electron chi connectivity index (χ4n) is 5.68. The molecule has 0 radical (unpaired) electrons. The molecule has 2 N–H and O–H groups in total. The van der Waals surface area contributed by atoms with Crippen LogP contribution in [0.3, 0.4) is 0 Å². The van der Waals surface area contributed by atoms with Crippen LogP contribution in [0.1, 0.15) is 45.4 Å². The Hall–Kier alpha value is -2.68. The number of rotatable bonds is 8. The van der Waals surface area contributed by atoms with Gasteiger partial charge in [-0.1, -0.05) is 6.92 Å². The van der Waals surface area contributed by atoms with Crippen LogP contribution < -0.4 is 10.6 Å². The predicted octanol–water partition coefficient (Wildman–Crippen LogP) is 2.16. The van der Waals surface area contributed by atoms with E-state index in [0.29, 0.717) is 38.8 Å². The van der Waals surface area contributed by atoms with Gasteiger partial charge in [0.15, 0.2) is 0 Å². The molecule has 0 aromatic heterocycles. The van der Waals surface area contributed by atoms with Crippen LogP contribution in [-0.2, 0) is 19.1 Å². The normalized spacial score (nSPS) is 23.4. The van der Waals surface area contributed by atoms with Gasteiger partial charge in [-0.25, -0.2) is 4.39 Å². The number of ether oxygens (including phenoxy) is 1. The Bertz CT molecular complexity index is 908. The summed E-state index contributed by atoms with van der Waals surface area (Å²) < 4.78 is 19.0. The van der Waals surface area contributed by atoms with Crippen molar-refractivity contribution in [1.29, 1.82) is 0 Å². The number of primary amides is 1. The smallest absolute Gasteiger partial charge is 0.312 e. The molecule has 4 rings (SSSR count). The van der Waals surface area contributed by atoms with Crippen LogP contribution in [0.15, 0.2) is 24.3 Å². The highest BCUT2D eigenvalue weighted by Gasteiger charge is 2.51. The van der Waals surface area contributed by atoms with E-state index in [1.54, 1.807) is 4.90 Å². The van der Waals surface area contributed by atoms with Crippen LogP contribution in [-0.4, -0.2) is 79.5 Å². The minimum Gasteiger partial charge on any atom is -0.462 e. The molecular weight excluding hydrogens is 451 g/mol. The molecule has 8 nitrogen and oxygen atoms in total. The molecule has 2 atom stereocenters. The Morgan fingerprint density at radius 3 is 2.37 bits per heavy atom. The third-order valence-electron chi connectivity index (χ3n) is 7.98. The van der Waals surface area contributed by atoms with E-state index in [4.69, 9.17) is 10.5 Å². The zero-order valence-corrected chi connectivity index (χ0v) is 20.6. The topological polar surface area (TPSA) is 96.2 Å². The molecule has 2 amide bonds. The number of nitrogens with zero attached hydrogens (tertiary/aromatic N) is 3. The summed E-state index contributed by atoms with van der Waals surface area (Å²) in [4.78, 5) is 43.3. The molecule has 192 valence electrons. The van der Waals surface area contributed by atoms with Crippen LogP contribution in [0.4, 0.5) is 10.1 Å². The third-order valence-corrected chi connectivity index (χ3v) is 7.98. The summed E-state index contributed by atoms with van der Waals surface area (Å²) in [6.45, 7) is 7.41. The van der Waals surface area contributed by atoms with E-state index in [1.165, 1.54) is 12.1 Å². The van der Waals surface area contributed by atoms with E-state index < -0.39 is 11.3 Å². The molecule has 35 heavy (non-hydrogen) atoms. The third kappa shape index (κ3) is 5.94. The van der Waals surface area contributed by atoms with Gasteiger partial charge in [-0.15, -0.1) is 0 Å². The second kappa shape index (κ2) is 10.9. The molecule has 3 heterocycles. The number of anilines is 1. The molecule has 0 saturated carbocycles. The summed E-state index contributed by atoms with van der Waals surface area (Å²) in [7, 11) is 0. The molecule has 3 aliphatic heterocycles. The van der Waals surface area contributed by atoms with Gasteiger partial charge in [0.1, 0.15) is 11.9 Å². The monoisotopic (exact) mass is 488 g/mol. The predicted molar refractivity (Wildman–Crippen MR) is 130 cm³/mol. The summed E-state index contributed by atoms with van der Waals surface area (Å²) in [6.07, 6.45) is 3.29. The first-order valence-electron chi connectivity index (χ1n) is 12.8. The van der Waals surface area contributed by atoms with Crippen LogP contribution in [0.25, 0.3) is 0 Å². The Morgan fingerprint density at radius 2 is 1.77 bits per heavy atom.